The molecule has 1 saturated heterocycles. The topological polar surface area (TPSA) is 44.6 Å². The second kappa shape index (κ2) is 6.66. The van der Waals surface area contributed by atoms with E-state index in [1.54, 1.807) is 0 Å². The molecule has 5 heteroatoms. The third-order valence-electron chi connectivity index (χ3n) is 4.23. The van der Waals surface area contributed by atoms with Crippen LogP contribution in [0.4, 0.5) is 5.82 Å². The van der Waals surface area contributed by atoms with Gasteiger partial charge in [0.1, 0.15) is 5.82 Å². The van der Waals surface area contributed by atoms with Crippen molar-refractivity contribution in [3.63, 3.8) is 0 Å². The summed E-state index contributed by atoms with van der Waals surface area (Å²) in [5.74, 6) is 1.04. The fraction of sp³-hybridized carbons (Fsp3) is 0.211. The molecule has 24 heavy (non-hydrogen) atoms. The summed E-state index contributed by atoms with van der Waals surface area (Å²) in [6.07, 6.45) is 5.59. The number of benzene rings is 1. The van der Waals surface area contributed by atoms with Gasteiger partial charge in [-0.1, -0.05) is 18.2 Å². The highest BCUT2D eigenvalue weighted by Crippen LogP contribution is 2.14. The van der Waals surface area contributed by atoms with Crippen LogP contribution in [0.1, 0.15) is 5.56 Å². The maximum Gasteiger partial charge on any atom is 0.128 e. The molecule has 0 bridgehead atoms. The van der Waals surface area contributed by atoms with Crippen LogP contribution in [-0.2, 0) is 0 Å². The average Bonchev–Trinajstić information content (AvgIpc) is 2.67. The van der Waals surface area contributed by atoms with Gasteiger partial charge in [0.25, 0.3) is 0 Å². The standard InChI is InChI=1S/C19H19N5/c1-2-8-21-19(5-1)23-10-12-24(13-11-23)22-15-16-6-7-18-17(14-16)4-3-9-20-18/h1-9,14-15H,10-13H2/b22-15+. The molecule has 0 saturated carbocycles. The fourth-order valence-corrected chi connectivity index (χ4v) is 2.90. The number of nitrogens with zero attached hydrogens (tertiary/aromatic N) is 5. The average molecular weight is 317 g/mol. The van der Waals surface area contributed by atoms with Gasteiger partial charge in [-0.25, -0.2) is 4.98 Å². The number of hydrazone groups is 1. The monoisotopic (exact) mass is 317 g/mol. The molecule has 0 atom stereocenters. The fourth-order valence-electron chi connectivity index (χ4n) is 2.90. The molecule has 0 radical (unpaired) electrons. The summed E-state index contributed by atoms with van der Waals surface area (Å²) in [5, 5.41) is 7.89. The van der Waals surface area contributed by atoms with Crippen molar-refractivity contribution in [3.8, 4) is 0 Å². The largest absolute Gasteiger partial charge is 0.353 e. The Bertz CT molecular complexity index is 839. The zero-order valence-corrected chi connectivity index (χ0v) is 13.4. The van der Waals surface area contributed by atoms with E-state index in [1.807, 2.05) is 42.9 Å². The van der Waals surface area contributed by atoms with Crippen molar-refractivity contribution in [1.29, 1.82) is 0 Å². The predicted octanol–water partition coefficient (Wildman–Crippen LogP) is 2.79. The Balaban J connectivity index is 1.40. The number of fused-ring (bicyclic) bond motifs is 1. The van der Waals surface area contributed by atoms with Crippen LogP contribution in [0.15, 0.2) is 66.0 Å². The molecule has 0 aliphatic carbocycles. The number of aromatic nitrogens is 2. The Morgan fingerprint density at radius 2 is 1.75 bits per heavy atom. The van der Waals surface area contributed by atoms with Crippen molar-refractivity contribution >= 4 is 22.9 Å². The number of anilines is 1. The molecule has 0 spiro atoms. The predicted molar refractivity (Wildman–Crippen MR) is 97.4 cm³/mol. The smallest absolute Gasteiger partial charge is 0.128 e. The molecule has 4 rings (SSSR count). The molecule has 0 amide bonds. The maximum absolute atomic E-state index is 4.63. The van der Waals surface area contributed by atoms with Crippen molar-refractivity contribution in [1.82, 2.24) is 15.0 Å². The normalized spacial score (nSPS) is 15.3. The van der Waals surface area contributed by atoms with Gasteiger partial charge < -0.3 is 4.90 Å². The van der Waals surface area contributed by atoms with Gasteiger partial charge in [-0.05, 0) is 35.9 Å². The molecule has 1 fully saturated rings. The van der Waals surface area contributed by atoms with Crippen LogP contribution in [0, 0.1) is 0 Å². The summed E-state index contributed by atoms with van der Waals surface area (Å²) >= 11 is 0. The van der Waals surface area contributed by atoms with Gasteiger partial charge >= 0.3 is 0 Å². The van der Waals surface area contributed by atoms with Crippen molar-refractivity contribution < 1.29 is 0 Å². The van der Waals surface area contributed by atoms with Crippen molar-refractivity contribution in [3.05, 3.63) is 66.5 Å². The van der Waals surface area contributed by atoms with Gasteiger partial charge in [0.05, 0.1) is 24.8 Å². The summed E-state index contributed by atoms with van der Waals surface area (Å²) in [6.45, 7) is 3.69. The zero-order valence-electron chi connectivity index (χ0n) is 13.4. The lowest BCUT2D eigenvalue weighted by Gasteiger charge is -2.33. The highest BCUT2D eigenvalue weighted by atomic mass is 15.5. The number of piperazine rings is 1. The second-order valence-electron chi connectivity index (χ2n) is 5.83. The molecule has 1 aromatic carbocycles. The number of rotatable bonds is 3. The summed E-state index contributed by atoms with van der Waals surface area (Å²) in [6, 6.07) is 16.3. The first kappa shape index (κ1) is 14.6. The Kier molecular flexibility index (Phi) is 4.06. The SMILES string of the molecule is C(=N\N1CCN(c2ccccn2)CC1)/c1ccc2ncccc2c1. The van der Waals surface area contributed by atoms with E-state index in [4.69, 9.17) is 0 Å². The minimum Gasteiger partial charge on any atom is -0.353 e. The molecular formula is C19H19N5. The number of hydrogen-bond donors (Lipinski definition) is 0. The Hall–Kier alpha value is -2.95. The molecule has 5 nitrogen and oxygen atoms in total. The van der Waals surface area contributed by atoms with Crippen LogP contribution in [0.3, 0.4) is 0 Å². The van der Waals surface area contributed by atoms with Gasteiger partial charge in [0.2, 0.25) is 0 Å². The number of pyridine rings is 2. The zero-order chi connectivity index (χ0) is 16.2. The van der Waals surface area contributed by atoms with Crippen molar-refractivity contribution in [2.75, 3.05) is 31.1 Å². The van der Waals surface area contributed by atoms with E-state index in [9.17, 15) is 0 Å². The van der Waals surface area contributed by atoms with Gasteiger partial charge in [-0.2, -0.15) is 5.10 Å². The number of hydrogen-bond acceptors (Lipinski definition) is 5. The van der Waals surface area contributed by atoms with E-state index in [0.717, 1.165) is 48.5 Å². The third-order valence-corrected chi connectivity index (χ3v) is 4.23. The summed E-state index contributed by atoms with van der Waals surface area (Å²) < 4.78 is 0. The summed E-state index contributed by atoms with van der Waals surface area (Å²) in [4.78, 5) is 11.1. The van der Waals surface area contributed by atoms with Crippen molar-refractivity contribution in [2.24, 2.45) is 5.10 Å². The second-order valence-corrected chi connectivity index (χ2v) is 5.83. The highest BCUT2D eigenvalue weighted by Gasteiger charge is 2.16. The van der Waals surface area contributed by atoms with E-state index >= 15 is 0 Å². The lowest BCUT2D eigenvalue weighted by atomic mass is 10.1. The van der Waals surface area contributed by atoms with E-state index in [1.165, 1.54) is 0 Å². The molecule has 1 aliphatic heterocycles. The van der Waals surface area contributed by atoms with Crippen LogP contribution in [-0.4, -0.2) is 47.4 Å². The van der Waals surface area contributed by atoms with Crippen LogP contribution in [0.25, 0.3) is 10.9 Å². The van der Waals surface area contributed by atoms with Crippen molar-refractivity contribution in [2.45, 2.75) is 0 Å². The van der Waals surface area contributed by atoms with Crippen LogP contribution in [0.2, 0.25) is 0 Å². The first-order valence-corrected chi connectivity index (χ1v) is 8.18. The molecule has 3 heterocycles. The van der Waals surface area contributed by atoms with Gasteiger partial charge in [-0.3, -0.25) is 9.99 Å². The maximum atomic E-state index is 4.63. The van der Waals surface area contributed by atoms with Crippen LogP contribution < -0.4 is 4.90 Å². The molecule has 0 N–H and O–H groups in total. The molecular weight excluding hydrogens is 298 g/mol. The summed E-state index contributed by atoms with van der Waals surface area (Å²) in [7, 11) is 0. The van der Waals surface area contributed by atoms with Crippen LogP contribution >= 0.6 is 0 Å². The van der Waals surface area contributed by atoms with E-state index in [2.05, 4.69) is 49.2 Å². The Morgan fingerprint density at radius 1 is 0.875 bits per heavy atom. The molecule has 120 valence electrons. The van der Waals surface area contributed by atoms with E-state index in [0.29, 0.717) is 0 Å². The minimum absolute atomic E-state index is 0.905. The molecule has 0 unspecified atom stereocenters. The first-order valence-electron chi connectivity index (χ1n) is 8.18. The molecule has 2 aromatic heterocycles. The van der Waals surface area contributed by atoms with E-state index < -0.39 is 0 Å². The van der Waals surface area contributed by atoms with Gasteiger partial charge in [0, 0.05) is 30.9 Å². The first-order chi connectivity index (χ1) is 11.9. The van der Waals surface area contributed by atoms with Gasteiger partial charge in [-0.15, -0.1) is 0 Å². The lowest BCUT2D eigenvalue weighted by molar-refractivity contribution is 0.271. The third kappa shape index (κ3) is 3.20. The quantitative estimate of drug-likeness (QED) is 0.697. The lowest BCUT2D eigenvalue weighted by Crippen LogP contribution is -2.44. The Labute approximate surface area is 141 Å². The van der Waals surface area contributed by atoms with Crippen LogP contribution in [0.5, 0.6) is 0 Å². The summed E-state index contributed by atoms with van der Waals surface area (Å²) in [5.41, 5.74) is 2.11. The Morgan fingerprint density at radius 3 is 2.58 bits per heavy atom. The highest BCUT2D eigenvalue weighted by molar-refractivity contribution is 5.88. The minimum atomic E-state index is 0.905. The van der Waals surface area contributed by atoms with E-state index in [-0.39, 0.29) is 0 Å². The molecule has 3 aromatic rings. The molecule has 1 aliphatic rings. The van der Waals surface area contributed by atoms with Gasteiger partial charge in [0.15, 0.2) is 0 Å².